The summed E-state index contributed by atoms with van der Waals surface area (Å²) in [6.45, 7) is 2.09. The minimum Gasteiger partial charge on any atom is -0.344 e. The molecular weight excluding hydrogens is 338 g/mol. The lowest BCUT2D eigenvalue weighted by Crippen LogP contribution is -2.35. The molecule has 0 atom stereocenters. The molecule has 0 saturated heterocycles. The Morgan fingerprint density at radius 1 is 1.04 bits per heavy atom. The Kier molecular flexibility index (Phi) is 4.95. The van der Waals surface area contributed by atoms with Crippen molar-refractivity contribution in [2.75, 3.05) is 5.32 Å². The third kappa shape index (κ3) is 4.14. The number of aryl methyl sites for hydroxylation is 1. The van der Waals surface area contributed by atoms with E-state index in [0.717, 1.165) is 22.2 Å². The molecule has 0 saturated carbocycles. The first-order valence-electron chi connectivity index (χ1n) is 7.73. The molecule has 0 aliphatic heterocycles. The summed E-state index contributed by atoms with van der Waals surface area (Å²) in [6.07, 6.45) is 0. The Labute approximate surface area is 150 Å². The number of nitrogens with one attached hydrogen (secondary N) is 2. The first-order valence-corrected chi connectivity index (χ1v) is 8.11. The molecule has 0 radical (unpaired) electrons. The van der Waals surface area contributed by atoms with Gasteiger partial charge >= 0.3 is 11.8 Å². The first kappa shape index (κ1) is 16.9. The average Bonchev–Trinajstić information content (AvgIpc) is 2.60. The second-order valence-corrected chi connectivity index (χ2v) is 6.03. The van der Waals surface area contributed by atoms with E-state index in [-0.39, 0.29) is 6.54 Å². The van der Waals surface area contributed by atoms with Crippen molar-refractivity contribution in [1.29, 1.82) is 0 Å². The summed E-state index contributed by atoms with van der Waals surface area (Å²) < 4.78 is 0. The molecule has 3 aromatic rings. The molecule has 3 rings (SSSR count). The SMILES string of the molecule is Cc1cc(NC(=O)C(=O)NCc2ccc(Cl)cc2)c2ccccc2n1. The second kappa shape index (κ2) is 7.32. The van der Waals surface area contributed by atoms with Gasteiger partial charge in [-0.2, -0.15) is 0 Å². The predicted molar refractivity (Wildman–Crippen MR) is 98.4 cm³/mol. The fraction of sp³-hybridized carbons (Fsp3) is 0.105. The van der Waals surface area contributed by atoms with E-state index in [0.29, 0.717) is 10.7 Å². The zero-order chi connectivity index (χ0) is 17.8. The molecule has 2 amide bonds. The van der Waals surface area contributed by atoms with Gasteiger partial charge in [-0.1, -0.05) is 41.9 Å². The van der Waals surface area contributed by atoms with E-state index in [1.165, 1.54) is 0 Å². The number of hydrogen-bond donors (Lipinski definition) is 2. The monoisotopic (exact) mass is 353 g/mol. The molecule has 0 aliphatic rings. The van der Waals surface area contributed by atoms with Crippen molar-refractivity contribution in [1.82, 2.24) is 10.3 Å². The quantitative estimate of drug-likeness (QED) is 0.708. The Balaban J connectivity index is 1.69. The minimum absolute atomic E-state index is 0.250. The molecular formula is C19H16ClN3O2. The van der Waals surface area contributed by atoms with Crippen LogP contribution in [0.4, 0.5) is 5.69 Å². The molecule has 2 aromatic carbocycles. The zero-order valence-electron chi connectivity index (χ0n) is 13.5. The largest absolute Gasteiger partial charge is 0.344 e. The molecule has 126 valence electrons. The number of aromatic nitrogens is 1. The summed E-state index contributed by atoms with van der Waals surface area (Å²) >= 11 is 5.82. The van der Waals surface area contributed by atoms with Gasteiger partial charge in [0.25, 0.3) is 0 Å². The van der Waals surface area contributed by atoms with E-state index in [4.69, 9.17) is 11.6 Å². The number of benzene rings is 2. The Morgan fingerprint density at radius 2 is 1.76 bits per heavy atom. The van der Waals surface area contributed by atoms with Gasteiger partial charge in [-0.15, -0.1) is 0 Å². The van der Waals surface area contributed by atoms with Crippen LogP contribution in [0.2, 0.25) is 5.02 Å². The van der Waals surface area contributed by atoms with Crippen LogP contribution in [0.15, 0.2) is 54.6 Å². The maximum atomic E-state index is 12.2. The van der Waals surface area contributed by atoms with Crippen LogP contribution in [0.1, 0.15) is 11.3 Å². The number of para-hydroxylation sites is 1. The molecule has 6 heteroatoms. The van der Waals surface area contributed by atoms with E-state index < -0.39 is 11.8 Å². The fourth-order valence-electron chi connectivity index (χ4n) is 2.46. The smallest absolute Gasteiger partial charge is 0.313 e. The van der Waals surface area contributed by atoms with Gasteiger partial charge in [0, 0.05) is 22.6 Å². The number of amides is 2. The summed E-state index contributed by atoms with van der Waals surface area (Å²) in [6, 6.07) is 16.2. The number of rotatable bonds is 3. The standard InChI is InChI=1S/C19H16ClN3O2/c1-12-10-17(15-4-2-3-5-16(15)22-12)23-19(25)18(24)21-11-13-6-8-14(20)9-7-13/h2-10H,11H2,1H3,(H,21,24)(H,22,23,25). The van der Waals surface area contributed by atoms with E-state index in [1.54, 1.807) is 30.3 Å². The third-order valence-electron chi connectivity index (χ3n) is 3.67. The van der Waals surface area contributed by atoms with Crippen molar-refractivity contribution < 1.29 is 9.59 Å². The molecule has 25 heavy (non-hydrogen) atoms. The van der Waals surface area contributed by atoms with E-state index in [1.807, 2.05) is 31.2 Å². The van der Waals surface area contributed by atoms with Crippen LogP contribution >= 0.6 is 11.6 Å². The summed E-state index contributed by atoms with van der Waals surface area (Å²) in [4.78, 5) is 28.6. The van der Waals surface area contributed by atoms with Crippen LogP contribution in [-0.2, 0) is 16.1 Å². The maximum absolute atomic E-state index is 12.2. The van der Waals surface area contributed by atoms with Crippen LogP contribution < -0.4 is 10.6 Å². The second-order valence-electron chi connectivity index (χ2n) is 5.59. The number of anilines is 1. The highest BCUT2D eigenvalue weighted by molar-refractivity contribution is 6.40. The topological polar surface area (TPSA) is 71.1 Å². The van der Waals surface area contributed by atoms with Crippen molar-refractivity contribution >= 4 is 40.0 Å². The van der Waals surface area contributed by atoms with Gasteiger partial charge in [0.1, 0.15) is 0 Å². The van der Waals surface area contributed by atoms with Crippen LogP contribution in [-0.4, -0.2) is 16.8 Å². The molecule has 5 nitrogen and oxygen atoms in total. The minimum atomic E-state index is -0.718. The predicted octanol–water partition coefficient (Wildman–Crippen LogP) is 3.45. The van der Waals surface area contributed by atoms with Crippen LogP contribution in [0.5, 0.6) is 0 Å². The lowest BCUT2D eigenvalue weighted by atomic mass is 10.1. The Morgan fingerprint density at radius 3 is 2.52 bits per heavy atom. The van der Waals surface area contributed by atoms with Crippen molar-refractivity contribution in [3.8, 4) is 0 Å². The zero-order valence-corrected chi connectivity index (χ0v) is 14.3. The Bertz CT molecular complexity index is 939. The number of hydrogen-bond acceptors (Lipinski definition) is 3. The first-order chi connectivity index (χ1) is 12.0. The normalized spacial score (nSPS) is 10.5. The lowest BCUT2D eigenvalue weighted by Gasteiger charge is -2.10. The molecule has 0 fully saturated rings. The Hall–Kier alpha value is -2.92. The van der Waals surface area contributed by atoms with E-state index >= 15 is 0 Å². The highest BCUT2D eigenvalue weighted by atomic mass is 35.5. The molecule has 0 bridgehead atoms. The number of carbonyl (C=O) groups is 2. The van der Waals surface area contributed by atoms with Crippen molar-refractivity contribution in [3.05, 3.63) is 70.9 Å². The number of carbonyl (C=O) groups excluding carboxylic acids is 2. The van der Waals surface area contributed by atoms with E-state index in [9.17, 15) is 9.59 Å². The molecule has 1 heterocycles. The van der Waals surface area contributed by atoms with Crippen LogP contribution in [0.3, 0.4) is 0 Å². The molecule has 0 aliphatic carbocycles. The molecule has 0 unspecified atom stereocenters. The van der Waals surface area contributed by atoms with Crippen molar-refractivity contribution in [3.63, 3.8) is 0 Å². The summed E-state index contributed by atoms with van der Waals surface area (Å²) in [5.41, 5.74) is 2.94. The molecule has 1 aromatic heterocycles. The number of halogens is 1. The maximum Gasteiger partial charge on any atom is 0.313 e. The van der Waals surface area contributed by atoms with Gasteiger partial charge in [0.05, 0.1) is 11.2 Å². The summed E-state index contributed by atoms with van der Waals surface area (Å²) in [5, 5.41) is 6.65. The van der Waals surface area contributed by atoms with E-state index in [2.05, 4.69) is 15.6 Å². The number of pyridine rings is 1. The molecule has 2 N–H and O–H groups in total. The van der Waals surface area contributed by atoms with Crippen molar-refractivity contribution in [2.45, 2.75) is 13.5 Å². The average molecular weight is 354 g/mol. The highest BCUT2D eigenvalue weighted by Crippen LogP contribution is 2.22. The highest BCUT2D eigenvalue weighted by Gasteiger charge is 2.15. The fourth-order valence-corrected chi connectivity index (χ4v) is 2.58. The van der Waals surface area contributed by atoms with Gasteiger partial charge < -0.3 is 10.6 Å². The van der Waals surface area contributed by atoms with Gasteiger partial charge in [-0.25, -0.2) is 0 Å². The van der Waals surface area contributed by atoms with Gasteiger partial charge in [0.2, 0.25) is 0 Å². The number of nitrogens with zero attached hydrogens (tertiary/aromatic N) is 1. The van der Waals surface area contributed by atoms with Gasteiger partial charge in [0.15, 0.2) is 0 Å². The van der Waals surface area contributed by atoms with Gasteiger partial charge in [-0.05, 0) is 36.8 Å². The summed E-state index contributed by atoms with van der Waals surface area (Å²) in [5.74, 6) is -1.42. The third-order valence-corrected chi connectivity index (χ3v) is 3.92. The lowest BCUT2D eigenvalue weighted by molar-refractivity contribution is -0.136. The van der Waals surface area contributed by atoms with Crippen LogP contribution in [0.25, 0.3) is 10.9 Å². The number of fused-ring (bicyclic) bond motifs is 1. The molecule has 0 spiro atoms. The van der Waals surface area contributed by atoms with Gasteiger partial charge in [-0.3, -0.25) is 14.6 Å². The van der Waals surface area contributed by atoms with Crippen molar-refractivity contribution in [2.24, 2.45) is 0 Å². The van der Waals surface area contributed by atoms with Crippen LogP contribution in [0, 0.1) is 6.92 Å². The summed E-state index contributed by atoms with van der Waals surface area (Å²) in [7, 11) is 0.